The molecule has 27 heavy (non-hydrogen) atoms. The van der Waals surface area contributed by atoms with E-state index in [1.165, 1.54) is 18.4 Å². The van der Waals surface area contributed by atoms with Gasteiger partial charge in [0.2, 0.25) is 5.91 Å². The third-order valence-electron chi connectivity index (χ3n) is 5.57. The molecule has 1 aliphatic rings. The Kier molecular flexibility index (Phi) is 4.97. The van der Waals surface area contributed by atoms with Crippen LogP contribution in [0.5, 0.6) is 0 Å². The largest absolute Gasteiger partial charge is 0.328 e. The highest BCUT2D eigenvalue weighted by atomic mass is 16.2. The van der Waals surface area contributed by atoms with Gasteiger partial charge in [0.25, 0.3) is 0 Å². The fourth-order valence-electron chi connectivity index (χ4n) is 4.14. The standard InChI is InChI=1S/C23H27N3O/c1-3-4-9-14-25-21-13-8-6-11-19(21)24-23(25)18-15-22(27)26(16-18)20-12-7-5-10-17(20)2/h5-8,10-13,18H,3-4,9,14-16H2,1-2H3/t18-/m1/s1. The first-order valence-electron chi connectivity index (χ1n) is 10.00. The Morgan fingerprint density at radius 3 is 2.67 bits per heavy atom. The van der Waals surface area contributed by atoms with Gasteiger partial charge in [-0.2, -0.15) is 0 Å². The van der Waals surface area contributed by atoms with E-state index in [9.17, 15) is 4.79 Å². The molecule has 1 aromatic heterocycles. The summed E-state index contributed by atoms with van der Waals surface area (Å²) in [5, 5.41) is 0. The smallest absolute Gasteiger partial charge is 0.227 e. The molecule has 1 saturated heterocycles. The van der Waals surface area contributed by atoms with Gasteiger partial charge in [0, 0.05) is 31.1 Å². The maximum absolute atomic E-state index is 12.8. The van der Waals surface area contributed by atoms with Gasteiger partial charge in [-0.3, -0.25) is 4.79 Å². The lowest BCUT2D eigenvalue weighted by Gasteiger charge is -2.19. The minimum Gasteiger partial charge on any atom is -0.328 e. The molecule has 140 valence electrons. The second kappa shape index (κ2) is 7.55. The molecule has 2 heterocycles. The lowest BCUT2D eigenvalue weighted by molar-refractivity contribution is -0.117. The monoisotopic (exact) mass is 361 g/mol. The Balaban J connectivity index is 1.67. The predicted molar refractivity (Wildman–Crippen MR) is 110 cm³/mol. The number of aromatic nitrogens is 2. The highest BCUT2D eigenvalue weighted by Crippen LogP contribution is 2.34. The van der Waals surface area contributed by atoms with E-state index in [-0.39, 0.29) is 11.8 Å². The van der Waals surface area contributed by atoms with E-state index >= 15 is 0 Å². The molecule has 0 N–H and O–H groups in total. The van der Waals surface area contributed by atoms with Gasteiger partial charge >= 0.3 is 0 Å². The van der Waals surface area contributed by atoms with Crippen molar-refractivity contribution in [1.29, 1.82) is 0 Å². The molecule has 1 fully saturated rings. The first kappa shape index (κ1) is 17.8. The number of hydrogen-bond acceptors (Lipinski definition) is 2. The number of carbonyl (C=O) groups excluding carboxylic acids is 1. The van der Waals surface area contributed by atoms with Crippen molar-refractivity contribution in [3.63, 3.8) is 0 Å². The summed E-state index contributed by atoms with van der Waals surface area (Å²) in [6.07, 6.45) is 4.09. The Hall–Kier alpha value is -2.62. The topological polar surface area (TPSA) is 38.1 Å². The third-order valence-corrected chi connectivity index (χ3v) is 5.57. The van der Waals surface area contributed by atoms with Crippen molar-refractivity contribution in [2.24, 2.45) is 0 Å². The van der Waals surface area contributed by atoms with Crippen molar-refractivity contribution in [3.8, 4) is 0 Å². The fraction of sp³-hybridized carbons (Fsp3) is 0.391. The fourth-order valence-corrected chi connectivity index (χ4v) is 4.14. The highest BCUT2D eigenvalue weighted by Gasteiger charge is 2.35. The van der Waals surface area contributed by atoms with Crippen molar-refractivity contribution in [2.75, 3.05) is 11.4 Å². The average Bonchev–Trinajstić information content (AvgIpc) is 3.23. The van der Waals surface area contributed by atoms with Gasteiger partial charge in [0.15, 0.2) is 0 Å². The molecule has 1 atom stereocenters. The summed E-state index contributed by atoms with van der Waals surface area (Å²) in [4.78, 5) is 19.7. The molecule has 0 bridgehead atoms. The van der Waals surface area contributed by atoms with Crippen molar-refractivity contribution < 1.29 is 4.79 Å². The van der Waals surface area contributed by atoms with Gasteiger partial charge in [-0.1, -0.05) is 50.1 Å². The van der Waals surface area contributed by atoms with Gasteiger partial charge < -0.3 is 9.47 Å². The lowest BCUT2D eigenvalue weighted by Crippen LogP contribution is -2.25. The Labute approximate surface area is 160 Å². The van der Waals surface area contributed by atoms with Crippen LogP contribution in [0.1, 0.15) is 49.9 Å². The lowest BCUT2D eigenvalue weighted by atomic mass is 10.1. The van der Waals surface area contributed by atoms with Gasteiger partial charge in [0.05, 0.1) is 11.0 Å². The molecule has 3 aromatic rings. The van der Waals surface area contributed by atoms with Crippen LogP contribution in [-0.4, -0.2) is 22.0 Å². The van der Waals surface area contributed by atoms with Crippen molar-refractivity contribution in [1.82, 2.24) is 9.55 Å². The molecule has 0 spiro atoms. The molecule has 4 heteroatoms. The van der Waals surface area contributed by atoms with Crippen LogP contribution in [0, 0.1) is 6.92 Å². The Morgan fingerprint density at radius 2 is 1.85 bits per heavy atom. The quantitative estimate of drug-likeness (QED) is 0.576. The molecule has 0 unspecified atom stereocenters. The van der Waals surface area contributed by atoms with Crippen molar-refractivity contribution >= 4 is 22.6 Å². The second-order valence-corrected chi connectivity index (χ2v) is 7.51. The summed E-state index contributed by atoms with van der Waals surface area (Å²) in [5.74, 6) is 1.41. The number of fused-ring (bicyclic) bond motifs is 1. The van der Waals surface area contributed by atoms with E-state index in [0.29, 0.717) is 13.0 Å². The normalized spacial score (nSPS) is 17.2. The van der Waals surface area contributed by atoms with E-state index in [0.717, 1.165) is 35.6 Å². The number of nitrogens with zero attached hydrogens (tertiary/aromatic N) is 3. The number of aryl methyl sites for hydroxylation is 2. The Bertz CT molecular complexity index is 959. The van der Waals surface area contributed by atoms with E-state index in [2.05, 4.69) is 42.7 Å². The van der Waals surface area contributed by atoms with E-state index < -0.39 is 0 Å². The van der Waals surface area contributed by atoms with Gasteiger partial charge in [-0.05, 0) is 37.1 Å². The van der Waals surface area contributed by atoms with Gasteiger partial charge in [0.1, 0.15) is 5.82 Å². The summed E-state index contributed by atoms with van der Waals surface area (Å²) < 4.78 is 2.35. The van der Waals surface area contributed by atoms with E-state index in [1.54, 1.807) is 0 Å². The third kappa shape index (κ3) is 3.36. The summed E-state index contributed by atoms with van der Waals surface area (Å²) in [5.41, 5.74) is 4.39. The van der Waals surface area contributed by atoms with Crippen LogP contribution in [0.2, 0.25) is 0 Å². The summed E-state index contributed by atoms with van der Waals surface area (Å²) in [6, 6.07) is 16.5. The molecule has 1 aliphatic heterocycles. The molecular formula is C23H27N3O. The molecule has 0 saturated carbocycles. The number of benzene rings is 2. The highest BCUT2D eigenvalue weighted by molar-refractivity contribution is 5.97. The maximum atomic E-state index is 12.8. The van der Waals surface area contributed by atoms with E-state index in [4.69, 9.17) is 4.98 Å². The number of para-hydroxylation sites is 3. The van der Waals surface area contributed by atoms with E-state index in [1.807, 2.05) is 29.2 Å². The zero-order valence-electron chi connectivity index (χ0n) is 16.2. The van der Waals surface area contributed by atoms with Gasteiger partial charge in [-0.15, -0.1) is 0 Å². The van der Waals surface area contributed by atoms with Crippen molar-refractivity contribution in [3.05, 3.63) is 59.9 Å². The number of hydrogen-bond donors (Lipinski definition) is 0. The number of anilines is 1. The van der Waals surface area contributed by atoms with Crippen LogP contribution in [0.3, 0.4) is 0 Å². The summed E-state index contributed by atoms with van der Waals surface area (Å²) >= 11 is 0. The average molecular weight is 361 g/mol. The summed E-state index contributed by atoms with van der Waals surface area (Å²) in [6.45, 7) is 5.97. The first-order valence-corrected chi connectivity index (χ1v) is 10.00. The Morgan fingerprint density at radius 1 is 1.07 bits per heavy atom. The van der Waals surface area contributed by atoms with Crippen LogP contribution < -0.4 is 4.90 Å². The van der Waals surface area contributed by atoms with Crippen LogP contribution in [0.15, 0.2) is 48.5 Å². The molecule has 0 aliphatic carbocycles. The molecule has 2 aromatic carbocycles. The number of imidazole rings is 1. The number of unbranched alkanes of at least 4 members (excludes halogenated alkanes) is 2. The second-order valence-electron chi connectivity index (χ2n) is 7.51. The molecule has 4 rings (SSSR count). The zero-order valence-corrected chi connectivity index (χ0v) is 16.2. The van der Waals surface area contributed by atoms with Crippen molar-refractivity contribution in [2.45, 2.75) is 52.0 Å². The van der Waals surface area contributed by atoms with Crippen LogP contribution >= 0.6 is 0 Å². The number of rotatable bonds is 6. The predicted octanol–water partition coefficient (Wildman–Crippen LogP) is 5.06. The minimum absolute atomic E-state index is 0.145. The molecule has 0 radical (unpaired) electrons. The minimum atomic E-state index is 0.145. The number of carbonyl (C=O) groups is 1. The first-order chi connectivity index (χ1) is 13.2. The molecule has 1 amide bonds. The van der Waals surface area contributed by atoms with Crippen LogP contribution in [-0.2, 0) is 11.3 Å². The maximum Gasteiger partial charge on any atom is 0.227 e. The van der Waals surface area contributed by atoms with Crippen LogP contribution in [0.25, 0.3) is 11.0 Å². The van der Waals surface area contributed by atoms with Gasteiger partial charge in [-0.25, -0.2) is 4.98 Å². The zero-order chi connectivity index (χ0) is 18.8. The SMILES string of the molecule is CCCCCn1c([C@@H]2CC(=O)N(c3ccccc3C)C2)nc2ccccc21. The van der Waals surface area contributed by atoms with Crippen LogP contribution in [0.4, 0.5) is 5.69 Å². The number of amides is 1. The molecule has 4 nitrogen and oxygen atoms in total. The molecular weight excluding hydrogens is 334 g/mol. The summed E-state index contributed by atoms with van der Waals surface area (Å²) in [7, 11) is 0.